The predicted octanol–water partition coefficient (Wildman–Crippen LogP) is 2.92. The zero-order chi connectivity index (χ0) is 20.7. The molecule has 0 aliphatic rings. The lowest BCUT2D eigenvalue weighted by atomic mass is 10.0. The van der Waals surface area contributed by atoms with Crippen molar-refractivity contribution in [2.75, 3.05) is 6.54 Å². The van der Waals surface area contributed by atoms with Crippen molar-refractivity contribution in [2.24, 2.45) is 5.73 Å². The van der Waals surface area contributed by atoms with E-state index in [4.69, 9.17) is 17.3 Å². The first kappa shape index (κ1) is 21.4. The van der Waals surface area contributed by atoms with Gasteiger partial charge in [0.1, 0.15) is 0 Å². The Morgan fingerprint density at radius 3 is 2.21 bits per heavy atom. The van der Waals surface area contributed by atoms with Crippen molar-refractivity contribution < 1.29 is 14.4 Å². The lowest BCUT2D eigenvalue weighted by Gasteiger charge is -2.28. The van der Waals surface area contributed by atoms with Crippen LogP contribution < -0.4 is 11.1 Å². The normalized spacial score (nSPS) is 11.7. The van der Waals surface area contributed by atoms with Gasteiger partial charge in [-0.2, -0.15) is 0 Å². The van der Waals surface area contributed by atoms with Crippen LogP contribution in [0.25, 0.3) is 0 Å². The topological polar surface area (TPSA) is 92.5 Å². The summed E-state index contributed by atoms with van der Waals surface area (Å²) in [7, 11) is 0. The van der Waals surface area contributed by atoms with Crippen LogP contribution in [-0.4, -0.2) is 35.2 Å². The van der Waals surface area contributed by atoms with Crippen LogP contribution in [0.5, 0.6) is 0 Å². The summed E-state index contributed by atoms with van der Waals surface area (Å²) in [5.41, 5.74) is 6.37. The first-order valence-electron chi connectivity index (χ1n) is 8.97. The second-order valence-electron chi connectivity index (χ2n) is 6.70. The molecule has 0 aliphatic carbocycles. The number of hydrogen-bond acceptors (Lipinski definition) is 3. The molecule has 148 valence electrons. The Kier molecular flexibility index (Phi) is 7.58. The number of amides is 3. The molecular formula is C21H24ClN3O3. The summed E-state index contributed by atoms with van der Waals surface area (Å²) in [5.74, 6) is -1.24. The highest BCUT2D eigenvalue weighted by Crippen LogP contribution is 2.21. The van der Waals surface area contributed by atoms with E-state index in [1.807, 2.05) is 30.3 Å². The molecule has 0 aromatic heterocycles. The maximum atomic E-state index is 12.8. The number of nitrogens with zero attached hydrogens (tertiary/aromatic N) is 1. The van der Waals surface area contributed by atoms with Crippen molar-refractivity contribution in [1.29, 1.82) is 0 Å². The smallest absolute Gasteiger partial charge is 0.253 e. The fraction of sp³-hybridized carbons (Fsp3) is 0.286. The largest absolute Gasteiger partial charge is 0.368 e. The summed E-state index contributed by atoms with van der Waals surface area (Å²) >= 11 is 6.12. The molecule has 1 atom stereocenters. The number of carbonyl (C=O) groups excluding carboxylic acids is 3. The van der Waals surface area contributed by atoms with Gasteiger partial charge in [-0.25, -0.2) is 0 Å². The molecule has 0 heterocycles. The van der Waals surface area contributed by atoms with Crippen LogP contribution in [0.1, 0.15) is 42.2 Å². The molecule has 0 saturated carbocycles. The quantitative estimate of drug-likeness (QED) is 0.712. The molecule has 0 bridgehead atoms. The maximum Gasteiger partial charge on any atom is 0.253 e. The van der Waals surface area contributed by atoms with Gasteiger partial charge in [-0.15, -0.1) is 0 Å². The van der Waals surface area contributed by atoms with Gasteiger partial charge in [-0.3, -0.25) is 14.4 Å². The first-order valence-corrected chi connectivity index (χ1v) is 9.35. The second-order valence-corrected chi connectivity index (χ2v) is 7.11. The fourth-order valence-electron chi connectivity index (χ4n) is 2.84. The van der Waals surface area contributed by atoms with E-state index >= 15 is 0 Å². The van der Waals surface area contributed by atoms with Gasteiger partial charge in [0.25, 0.3) is 5.91 Å². The Labute approximate surface area is 169 Å². The van der Waals surface area contributed by atoms with E-state index in [2.05, 4.69) is 5.32 Å². The summed E-state index contributed by atoms with van der Waals surface area (Å²) in [6.07, 6.45) is -0.00827. The molecule has 1 unspecified atom stereocenters. The third-order valence-corrected chi connectivity index (χ3v) is 4.60. The van der Waals surface area contributed by atoms with Gasteiger partial charge in [0.2, 0.25) is 11.8 Å². The van der Waals surface area contributed by atoms with Crippen molar-refractivity contribution in [3.63, 3.8) is 0 Å². The van der Waals surface area contributed by atoms with Crippen molar-refractivity contribution in [1.82, 2.24) is 10.2 Å². The predicted molar refractivity (Wildman–Crippen MR) is 109 cm³/mol. The van der Waals surface area contributed by atoms with E-state index in [9.17, 15) is 14.4 Å². The van der Waals surface area contributed by atoms with Gasteiger partial charge in [0, 0.05) is 6.04 Å². The van der Waals surface area contributed by atoms with Gasteiger partial charge in [0.15, 0.2) is 0 Å². The van der Waals surface area contributed by atoms with Crippen LogP contribution in [-0.2, 0) is 9.59 Å². The van der Waals surface area contributed by atoms with Crippen LogP contribution in [0, 0.1) is 0 Å². The number of rotatable bonds is 8. The van der Waals surface area contributed by atoms with E-state index in [1.54, 1.807) is 38.1 Å². The molecule has 0 radical (unpaired) electrons. The standard InChI is InChI=1S/C21H24ClN3O3/c1-14(2)25(13-19(23)26)20(27)12-18(15-8-4-3-5-9-15)24-21(28)16-10-6-7-11-17(16)22/h3-11,14,18H,12-13H2,1-2H3,(H2,23,26)(H,24,28). The highest BCUT2D eigenvalue weighted by atomic mass is 35.5. The molecule has 28 heavy (non-hydrogen) atoms. The fourth-order valence-corrected chi connectivity index (χ4v) is 3.06. The highest BCUT2D eigenvalue weighted by molar-refractivity contribution is 6.33. The molecule has 3 amide bonds. The van der Waals surface area contributed by atoms with Crippen molar-refractivity contribution >= 4 is 29.3 Å². The monoisotopic (exact) mass is 401 g/mol. The molecule has 6 nitrogen and oxygen atoms in total. The molecule has 0 aliphatic heterocycles. The summed E-state index contributed by atoms with van der Waals surface area (Å²) in [4.78, 5) is 38.3. The van der Waals surface area contributed by atoms with Crippen LogP contribution in [0.2, 0.25) is 5.02 Å². The lowest BCUT2D eigenvalue weighted by Crippen LogP contribution is -2.44. The number of nitrogens with one attached hydrogen (secondary N) is 1. The number of halogens is 1. The van der Waals surface area contributed by atoms with E-state index in [1.165, 1.54) is 4.90 Å². The summed E-state index contributed by atoms with van der Waals surface area (Å²) in [6, 6.07) is 15.1. The Morgan fingerprint density at radius 1 is 1.04 bits per heavy atom. The number of primary amides is 1. The van der Waals surface area contributed by atoms with Gasteiger partial charge in [-0.1, -0.05) is 54.1 Å². The second kappa shape index (κ2) is 9.90. The van der Waals surface area contributed by atoms with Gasteiger partial charge in [0.05, 0.1) is 29.6 Å². The van der Waals surface area contributed by atoms with Crippen LogP contribution >= 0.6 is 11.6 Å². The Hall–Kier alpha value is -2.86. The average Bonchev–Trinajstić information content (AvgIpc) is 2.66. The van der Waals surface area contributed by atoms with E-state index < -0.39 is 11.9 Å². The Morgan fingerprint density at radius 2 is 1.64 bits per heavy atom. The third-order valence-electron chi connectivity index (χ3n) is 4.27. The molecule has 2 aromatic rings. The average molecular weight is 402 g/mol. The molecule has 2 rings (SSSR count). The minimum Gasteiger partial charge on any atom is -0.368 e. The minimum absolute atomic E-state index is 0.00827. The van der Waals surface area contributed by atoms with E-state index in [0.29, 0.717) is 10.6 Å². The lowest BCUT2D eigenvalue weighted by molar-refractivity contribution is -0.137. The van der Waals surface area contributed by atoms with Gasteiger partial charge >= 0.3 is 0 Å². The minimum atomic E-state index is -0.585. The number of benzene rings is 2. The molecular weight excluding hydrogens is 378 g/mol. The third kappa shape index (κ3) is 5.82. The number of carbonyl (C=O) groups is 3. The molecule has 2 aromatic carbocycles. The zero-order valence-electron chi connectivity index (χ0n) is 15.9. The summed E-state index contributed by atoms with van der Waals surface area (Å²) < 4.78 is 0. The maximum absolute atomic E-state index is 12.8. The summed E-state index contributed by atoms with van der Waals surface area (Å²) in [6.45, 7) is 3.44. The molecule has 0 saturated heterocycles. The Bertz CT molecular complexity index is 840. The van der Waals surface area contributed by atoms with Crippen molar-refractivity contribution in [3.05, 3.63) is 70.7 Å². The molecule has 3 N–H and O–H groups in total. The SMILES string of the molecule is CC(C)N(CC(N)=O)C(=O)CC(NC(=O)c1ccccc1Cl)c1ccccc1. The number of nitrogens with two attached hydrogens (primary N) is 1. The first-order chi connectivity index (χ1) is 13.3. The molecule has 0 spiro atoms. The van der Waals surface area contributed by atoms with Gasteiger partial charge < -0.3 is 16.0 Å². The van der Waals surface area contributed by atoms with Crippen molar-refractivity contribution in [2.45, 2.75) is 32.4 Å². The van der Waals surface area contributed by atoms with Gasteiger partial charge in [-0.05, 0) is 31.5 Å². The Balaban J connectivity index is 2.25. The van der Waals surface area contributed by atoms with E-state index in [0.717, 1.165) is 5.56 Å². The molecule has 0 fully saturated rings. The summed E-state index contributed by atoms with van der Waals surface area (Å²) in [5, 5.41) is 3.21. The zero-order valence-corrected chi connectivity index (χ0v) is 16.6. The highest BCUT2D eigenvalue weighted by Gasteiger charge is 2.25. The van der Waals surface area contributed by atoms with Crippen LogP contribution in [0.3, 0.4) is 0 Å². The molecule has 7 heteroatoms. The number of hydrogen-bond donors (Lipinski definition) is 2. The van der Waals surface area contributed by atoms with Crippen LogP contribution in [0.4, 0.5) is 0 Å². The van der Waals surface area contributed by atoms with Crippen LogP contribution in [0.15, 0.2) is 54.6 Å². The van der Waals surface area contributed by atoms with Crippen molar-refractivity contribution in [3.8, 4) is 0 Å². The van der Waals surface area contributed by atoms with E-state index in [-0.39, 0.29) is 30.8 Å².